The molecule has 1 saturated carbocycles. The zero-order chi connectivity index (χ0) is 18.8. The van der Waals surface area contributed by atoms with Crippen molar-refractivity contribution < 1.29 is 14.7 Å². The molecule has 1 aliphatic rings. The van der Waals surface area contributed by atoms with Crippen molar-refractivity contribution in [3.8, 4) is 5.69 Å². The highest BCUT2D eigenvalue weighted by Crippen LogP contribution is 2.33. The van der Waals surface area contributed by atoms with Crippen molar-refractivity contribution in [1.82, 2.24) is 15.1 Å². The first-order chi connectivity index (χ1) is 12.3. The molecule has 1 aliphatic carbocycles. The van der Waals surface area contributed by atoms with Gasteiger partial charge in [0, 0.05) is 16.3 Å². The molecule has 26 heavy (non-hydrogen) atoms. The molecule has 1 unspecified atom stereocenters. The van der Waals surface area contributed by atoms with Crippen LogP contribution in [0.1, 0.15) is 36.2 Å². The number of carboxylic acids is 1. The van der Waals surface area contributed by atoms with Gasteiger partial charge in [-0.05, 0) is 50.5 Å². The zero-order valence-corrected chi connectivity index (χ0v) is 15.6. The van der Waals surface area contributed by atoms with Gasteiger partial charge in [0.15, 0.2) is 0 Å². The minimum atomic E-state index is -0.976. The molecule has 1 aromatic heterocycles. The van der Waals surface area contributed by atoms with E-state index in [0.717, 1.165) is 35.5 Å². The van der Waals surface area contributed by atoms with Gasteiger partial charge >= 0.3 is 5.97 Å². The number of aromatic nitrogens is 2. The summed E-state index contributed by atoms with van der Waals surface area (Å²) >= 11 is 5.93. The zero-order valence-electron chi connectivity index (χ0n) is 14.8. The lowest BCUT2D eigenvalue weighted by atomic mass is 10.1. The fourth-order valence-electron chi connectivity index (χ4n) is 3.08. The predicted molar refractivity (Wildman–Crippen MR) is 98.7 cm³/mol. The van der Waals surface area contributed by atoms with Crippen LogP contribution in [0.5, 0.6) is 0 Å². The Balaban J connectivity index is 1.73. The van der Waals surface area contributed by atoms with E-state index in [4.69, 9.17) is 11.6 Å². The van der Waals surface area contributed by atoms with Crippen LogP contribution in [-0.2, 0) is 16.0 Å². The van der Waals surface area contributed by atoms with Crippen LogP contribution in [0.3, 0.4) is 0 Å². The van der Waals surface area contributed by atoms with Crippen molar-refractivity contribution in [2.45, 2.75) is 45.6 Å². The van der Waals surface area contributed by atoms with Crippen LogP contribution in [0.2, 0.25) is 5.02 Å². The van der Waals surface area contributed by atoms with E-state index in [2.05, 4.69) is 10.4 Å². The summed E-state index contributed by atoms with van der Waals surface area (Å²) in [5.41, 5.74) is 3.28. The SMILES string of the molecule is Cc1nn(-c2ccc(Cl)cc2)c(C)c1CC(=O)NC(CC1CC1)C(=O)O. The second-order valence-corrected chi connectivity index (χ2v) is 7.29. The van der Waals surface area contributed by atoms with E-state index in [-0.39, 0.29) is 12.3 Å². The van der Waals surface area contributed by atoms with Crippen molar-refractivity contribution in [2.75, 3.05) is 0 Å². The van der Waals surface area contributed by atoms with Crippen molar-refractivity contribution in [1.29, 1.82) is 0 Å². The number of rotatable bonds is 7. The molecule has 1 aromatic carbocycles. The van der Waals surface area contributed by atoms with Crippen molar-refractivity contribution in [3.63, 3.8) is 0 Å². The van der Waals surface area contributed by atoms with E-state index in [1.165, 1.54) is 0 Å². The van der Waals surface area contributed by atoms with Crippen LogP contribution in [0.25, 0.3) is 5.69 Å². The molecule has 7 heteroatoms. The lowest BCUT2D eigenvalue weighted by molar-refractivity contribution is -0.142. The number of nitrogens with one attached hydrogen (secondary N) is 1. The lowest BCUT2D eigenvalue weighted by Gasteiger charge is -2.14. The average Bonchev–Trinajstić information content (AvgIpc) is 3.36. The quantitative estimate of drug-likeness (QED) is 0.779. The van der Waals surface area contributed by atoms with Crippen LogP contribution < -0.4 is 5.32 Å². The number of amides is 1. The summed E-state index contributed by atoms with van der Waals surface area (Å²) in [6.07, 6.45) is 2.71. The van der Waals surface area contributed by atoms with Gasteiger partial charge in [-0.3, -0.25) is 4.79 Å². The number of aryl methyl sites for hydroxylation is 1. The van der Waals surface area contributed by atoms with Gasteiger partial charge in [0.2, 0.25) is 5.91 Å². The Kier molecular flexibility index (Phi) is 5.32. The van der Waals surface area contributed by atoms with Gasteiger partial charge in [-0.1, -0.05) is 24.4 Å². The number of carbonyl (C=O) groups is 2. The van der Waals surface area contributed by atoms with Gasteiger partial charge in [-0.25, -0.2) is 9.48 Å². The van der Waals surface area contributed by atoms with Crippen LogP contribution >= 0.6 is 11.6 Å². The first kappa shape index (κ1) is 18.5. The van der Waals surface area contributed by atoms with Crippen molar-refractivity contribution >= 4 is 23.5 Å². The van der Waals surface area contributed by atoms with Crippen LogP contribution in [-0.4, -0.2) is 32.8 Å². The van der Waals surface area contributed by atoms with Gasteiger partial charge in [0.25, 0.3) is 0 Å². The second kappa shape index (κ2) is 7.50. The van der Waals surface area contributed by atoms with Crippen molar-refractivity contribution in [2.24, 2.45) is 5.92 Å². The molecule has 0 radical (unpaired) electrons. The molecule has 0 aliphatic heterocycles. The van der Waals surface area contributed by atoms with E-state index in [1.807, 2.05) is 26.0 Å². The Morgan fingerprint density at radius 3 is 2.54 bits per heavy atom. The molecule has 1 heterocycles. The Labute approximate surface area is 157 Å². The summed E-state index contributed by atoms with van der Waals surface area (Å²) in [4.78, 5) is 23.8. The van der Waals surface area contributed by atoms with Crippen molar-refractivity contribution in [3.05, 3.63) is 46.2 Å². The minimum Gasteiger partial charge on any atom is -0.480 e. The highest BCUT2D eigenvalue weighted by atomic mass is 35.5. The first-order valence-electron chi connectivity index (χ1n) is 8.68. The van der Waals surface area contributed by atoms with Gasteiger partial charge in [-0.15, -0.1) is 0 Å². The Morgan fingerprint density at radius 2 is 1.96 bits per heavy atom. The average molecular weight is 376 g/mol. The number of carbonyl (C=O) groups excluding carboxylic acids is 1. The molecule has 0 saturated heterocycles. The topological polar surface area (TPSA) is 84.2 Å². The van der Waals surface area contributed by atoms with Crippen LogP contribution in [0, 0.1) is 19.8 Å². The smallest absolute Gasteiger partial charge is 0.326 e. The summed E-state index contributed by atoms with van der Waals surface area (Å²) in [5, 5.41) is 17.1. The van der Waals surface area contributed by atoms with Gasteiger partial charge in [0.05, 0.1) is 17.8 Å². The third kappa shape index (κ3) is 4.25. The normalized spacial score (nSPS) is 14.9. The molecule has 0 bridgehead atoms. The third-order valence-electron chi connectivity index (χ3n) is 4.75. The van der Waals surface area contributed by atoms with Gasteiger partial charge < -0.3 is 10.4 Å². The van der Waals surface area contributed by atoms with E-state index >= 15 is 0 Å². The summed E-state index contributed by atoms with van der Waals surface area (Å²) in [6, 6.07) is 6.48. The van der Waals surface area contributed by atoms with E-state index in [0.29, 0.717) is 17.4 Å². The van der Waals surface area contributed by atoms with Gasteiger partial charge in [-0.2, -0.15) is 5.10 Å². The second-order valence-electron chi connectivity index (χ2n) is 6.85. The predicted octanol–water partition coefficient (Wildman–Crippen LogP) is 3.05. The summed E-state index contributed by atoms with van der Waals surface area (Å²) in [5.74, 6) is -0.844. The highest BCUT2D eigenvalue weighted by Gasteiger charge is 2.30. The van der Waals surface area contributed by atoms with E-state index < -0.39 is 12.0 Å². The highest BCUT2D eigenvalue weighted by molar-refractivity contribution is 6.30. The third-order valence-corrected chi connectivity index (χ3v) is 5.00. The van der Waals surface area contributed by atoms with E-state index in [1.54, 1.807) is 16.8 Å². The maximum absolute atomic E-state index is 12.4. The number of halogens is 1. The van der Waals surface area contributed by atoms with Crippen LogP contribution in [0.15, 0.2) is 24.3 Å². The summed E-state index contributed by atoms with van der Waals surface area (Å²) in [7, 11) is 0. The summed E-state index contributed by atoms with van der Waals surface area (Å²) < 4.78 is 1.77. The lowest BCUT2D eigenvalue weighted by Crippen LogP contribution is -2.41. The summed E-state index contributed by atoms with van der Waals surface area (Å²) in [6.45, 7) is 3.75. The minimum absolute atomic E-state index is 0.111. The molecule has 2 N–H and O–H groups in total. The standard InChI is InChI=1S/C19H22ClN3O3/c1-11-16(10-18(24)21-17(19(25)26)9-13-3-4-13)12(2)23(22-11)15-7-5-14(20)6-8-15/h5-8,13,17H,3-4,9-10H2,1-2H3,(H,21,24)(H,25,26). The van der Waals surface area contributed by atoms with E-state index in [9.17, 15) is 14.7 Å². The molecular formula is C19H22ClN3O3. The van der Waals surface area contributed by atoms with Crippen LogP contribution in [0.4, 0.5) is 0 Å². The number of aliphatic carboxylic acids is 1. The molecule has 1 fully saturated rings. The number of carboxylic acid groups (broad SMARTS) is 1. The number of hydrogen-bond acceptors (Lipinski definition) is 3. The largest absolute Gasteiger partial charge is 0.480 e. The molecule has 1 amide bonds. The molecule has 6 nitrogen and oxygen atoms in total. The Bertz CT molecular complexity index is 825. The molecule has 3 rings (SSSR count). The molecular weight excluding hydrogens is 354 g/mol. The van der Waals surface area contributed by atoms with Gasteiger partial charge in [0.1, 0.15) is 6.04 Å². The monoisotopic (exact) mass is 375 g/mol. The molecule has 1 atom stereocenters. The molecule has 2 aromatic rings. The maximum atomic E-state index is 12.4. The fraction of sp³-hybridized carbons (Fsp3) is 0.421. The molecule has 0 spiro atoms. The Morgan fingerprint density at radius 1 is 1.31 bits per heavy atom. The molecule has 138 valence electrons. The Hall–Kier alpha value is -2.34. The number of hydrogen-bond donors (Lipinski definition) is 2. The first-order valence-corrected chi connectivity index (χ1v) is 9.06. The fourth-order valence-corrected chi connectivity index (χ4v) is 3.20. The number of nitrogens with zero attached hydrogens (tertiary/aromatic N) is 2. The number of benzene rings is 1. The maximum Gasteiger partial charge on any atom is 0.326 e.